The van der Waals surface area contributed by atoms with Crippen LogP contribution < -0.4 is 10.1 Å². The van der Waals surface area contributed by atoms with Gasteiger partial charge in [0.1, 0.15) is 23.1 Å². The number of hydrogen-bond donors (Lipinski definition) is 4. The fourth-order valence-corrected chi connectivity index (χ4v) is 5.41. The van der Waals surface area contributed by atoms with Crippen LogP contribution in [0.25, 0.3) is 0 Å². The summed E-state index contributed by atoms with van der Waals surface area (Å²) >= 11 is 0. The number of carbonyl (C=O) groups is 1. The summed E-state index contributed by atoms with van der Waals surface area (Å²) in [5.74, 6) is 0.333. The summed E-state index contributed by atoms with van der Waals surface area (Å²) in [6.07, 6.45) is 1.61. The Morgan fingerprint density at radius 1 is 1.26 bits per heavy atom. The van der Waals surface area contributed by atoms with Gasteiger partial charge in [0.15, 0.2) is 0 Å². The van der Waals surface area contributed by atoms with Gasteiger partial charge in [-0.15, -0.1) is 0 Å². The van der Waals surface area contributed by atoms with E-state index in [1.807, 2.05) is 13.8 Å². The molecule has 1 saturated heterocycles. The second kappa shape index (κ2) is 11.2. The van der Waals surface area contributed by atoms with E-state index in [1.165, 1.54) is 6.07 Å². The first-order valence-corrected chi connectivity index (χ1v) is 13.1. The third kappa shape index (κ3) is 5.72. The highest BCUT2D eigenvalue weighted by Gasteiger charge is 2.41. The van der Waals surface area contributed by atoms with Crippen molar-refractivity contribution in [3.63, 3.8) is 0 Å². The zero-order valence-electron chi connectivity index (χ0n) is 20.3. The van der Waals surface area contributed by atoms with Gasteiger partial charge in [0.2, 0.25) is 4.90 Å². The molecule has 10 nitrogen and oxygen atoms in total. The number of aromatic nitrogens is 2. The maximum Gasteiger partial charge on any atom is 0.325 e. The molecule has 3 rings (SSSR count). The van der Waals surface area contributed by atoms with Crippen LogP contribution in [0.3, 0.4) is 0 Å². The second-order valence-corrected chi connectivity index (χ2v) is 10.2. The van der Waals surface area contributed by atoms with Crippen molar-refractivity contribution in [3.8, 4) is 5.75 Å². The van der Waals surface area contributed by atoms with Crippen molar-refractivity contribution in [2.24, 2.45) is 0 Å². The second-order valence-electron chi connectivity index (χ2n) is 8.19. The van der Waals surface area contributed by atoms with Crippen LogP contribution in [0, 0.1) is 12.3 Å². The SMILES string of the molecule is CCCc1nc(C(=O)NC(=N)c2cc([S+](=O)(O)N3CCN(CC)CC3)ccc2OCC)c(C)[nH]1. The Balaban J connectivity index is 1.85. The van der Waals surface area contributed by atoms with Crippen molar-refractivity contribution >= 4 is 22.1 Å². The van der Waals surface area contributed by atoms with Crippen LogP contribution in [0.5, 0.6) is 5.75 Å². The Bertz CT molecular complexity index is 1080. The van der Waals surface area contributed by atoms with Crippen molar-refractivity contribution in [1.29, 1.82) is 5.41 Å². The number of hydrogen-bond acceptors (Lipinski definition) is 6. The van der Waals surface area contributed by atoms with Gasteiger partial charge in [0.25, 0.3) is 5.91 Å². The minimum absolute atomic E-state index is 0.177. The van der Waals surface area contributed by atoms with Gasteiger partial charge in [-0.3, -0.25) is 10.2 Å². The number of benzene rings is 1. The average Bonchev–Trinajstić information content (AvgIpc) is 3.19. The smallest absolute Gasteiger partial charge is 0.325 e. The maximum absolute atomic E-state index is 13.4. The van der Waals surface area contributed by atoms with Crippen LogP contribution in [-0.2, 0) is 21.0 Å². The lowest BCUT2D eigenvalue weighted by Crippen LogP contribution is -2.50. The Morgan fingerprint density at radius 2 is 1.97 bits per heavy atom. The number of nitrogens with zero attached hydrogens (tertiary/aromatic N) is 3. The van der Waals surface area contributed by atoms with E-state index < -0.39 is 16.3 Å². The monoisotopic (exact) mass is 491 g/mol. The average molecular weight is 492 g/mol. The third-order valence-electron chi connectivity index (χ3n) is 5.83. The number of amides is 1. The van der Waals surface area contributed by atoms with Crippen molar-refractivity contribution in [1.82, 2.24) is 24.5 Å². The van der Waals surface area contributed by atoms with Crippen molar-refractivity contribution < 1.29 is 18.3 Å². The number of nitrogens with one attached hydrogen (secondary N) is 3. The Labute approximate surface area is 202 Å². The van der Waals surface area contributed by atoms with Crippen molar-refractivity contribution in [2.75, 3.05) is 39.3 Å². The zero-order valence-corrected chi connectivity index (χ0v) is 21.1. The molecule has 1 aliphatic rings. The summed E-state index contributed by atoms with van der Waals surface area (Å²) in [6.45, 7) is 11.3. The molecule has 0 radical (unpaired) electrons. The predicted molar refractivity (Wildman–Crippen MR) is 132 cm³/mol. The highest BCUT2D eigenvalue weighted by atomic mass is 32.3. The molecule has 0 saturated carbocycles. The van der Waals surface area contributed by atoms with Gasteiger partial charge in [0, 0.05) is 37.3 Å². The van der Waals surface area contributed by atoms with Crippen LogP contribution in [0.2, 0.25) is 0 Å². The van der Waals surface area contributed by atoms with Gasteiger partial charge in [-0.1, -0.05) is 18.2 Å². The predicted octanol–water partition coefficient (Wildman–Crippen LogP) is 2.71. The number of imidazole rings is 1. The van der Waals surface area contributed by atoms with Gasteiger partial charge < -0.3 is 19.9 Å². The Hall–Kier alpha value is -2.60. The number of aryl methyl sites for hydroxylation is 2. The molecule has 11 heteroatoms. The molecule has 1 fully saturated rings. The molecule has 1 atom stereocenters. The van der Waals surface area contributed by atoms with Crippen LogP contribution in [-0.4, -0.2) is 74.8 Å². The number of amidine groups is 1. The summed E-state index contributed by atoms with van der Waals surface area (Å²) in [4.78, 5) is 22.7. The van der Waals surface area contributed by atoms with Gasteiger partial charge >= 0.3 is 10.4 Å². The topological polar surface area (TPSA) is 135 Å². The van der Waals surface area contributed by atoms with Crippen molar-refractivity contribution in [2.45, 2.75) is 45.4 Å². The first-order chi connectivity index (χ1) is 16.2. The molecule has 1 amide bonds. The lowest BCUT2D eigenvalue weighted by molar-refractivity contribution is 0.0972. The summed E-state index contributed by atoms with van der Waals surface area (Å²) in [6, 6.07) is 4.58. The maximum atomic E-state index is 13.4. The number of carbonyl (C=O) groups excluding carboxylic acids is 1. The standard InChI is InChI=1S/C23H34N6O4S/c1-5-8-20-25-16(4)21(26-20)23(30)27-22(24)18-15-17(9-10-19(18)33-7-3)34(31,32)29-13-11-28(6-2)12-14-29/h9-10,15H,5-8,11-14H2,1-4H3,(H3-,24,25,26,27,30,31,32)/p+1. The van der Waals surface area contributed by atoms with E-state index >= 15 is 0 Å². The van der Waals surface area contributed by atoms with Crippen LogP contribution in [0.4, 0.5) is 0 Å². The largest absolute Gasteiger partial charge is 0.493 e. The molecule has 186 valence electrons. The van der Waals surface area contributed by atoms with E-state index in [-0.39, 0.29) is 22.0 Å². The fourth-order valence-electron chi connectivity index (χ4n) is 3.93. The van der Waals surface area contributed by atoms with E-state index in [4.69, 9.17) is 10.1 Å². The fraction of sp³-hybridized carbons (Fsp3) is 0.522. The highest BCUT2D eigenvalue weighted by Crippen LogP contribution is 2.28. The Kier molecular flexibility index (Phi) is 8.58. The summed E-state index contributed by atoms with van der Waals surface area (Å²) in [5, 5.41) is 11.1. The molecule has 1 unspecified atom stereocenters. The van der Waals surface area contributed by atoms with Crippen molar-refractivity contribution in [3.05, 3.63) is 41.0 Å². The molecule has 34 heavy (non-hydrogen) atoms. The minimum Gasteiger partial charge on any atom is -0.493 e. The van der Waals surface area contributed by atoms with Crippen LogP contribution in [0.1, 0.15) is 54.8 Å². The molecule has 2 heterocycles. The molecule has 1 aromatic heterocycles. The quantitative estimate of drug-likeness (QED) is 0.242. The molecule has 4 N–H and O–H groups in total. The number of ether oxygens (including phenoxy) is 1. The third-order valence-corrected chi connectivity index (χ3v) is 7.76. The first kappa shape index (κ1) is 26.0. The summed E-state index contributed by atoms with van der Waals surface area (Å²) in [7, 11) is -3.50. The highest BCUT2D eigenvalue weighted by molar-refractivity contribution is 7.95. The number of rotatable bonds is 9. The molecule has 0 aliphatic carbocycles. The first-order valence-electron chi connectivity index (χ1n) is 11.7. The molecule has 0 bridgehead atoms. The molecular formula is C23H35N6O4S+. The van der Waals surface area contributed by atoms with Gasteiger partial charge in [-0.2, -0.15) is 4.55 Å². The molecular weight excluding hydrogens is 456 g/mol. The minimum atomic E-state index is -3.50. The van der Waals surface area contributed by atoms with Crippen LogP contribution in [0.15, 0.2) is 23.1 Å². The van der Waals surface area contributed by atoms with Gasteiger partial charge in [0.05, 0.1) is 25.3 Å². The molecule has 1 aromatic carbocycles. The van der Waals surface area contributed by atoms with Crippen LogP contribution >= 0.6 is 0 Å². The number of aromatic amines is 1. The van der Waals surface area contributed by atoms with E-state index in [1.54, 1.807) is 23.4 Å². The summed E-state index contributed by atoms with van der Waals surface area (Å²) in [5.41, 5.74) is 1.09. The lowest BCUT2D eigenvalue weighted by Gasteiger charge is -2.31. The number of likely N-dealkylation sites (N-methyl/N-ethyl adjacent to an activating group) is 1. The van der Waals surface area contributed by atoms with E-state index in [9.17, 15) is 13.6 Å². The molecule has 1 aliphatic heterocycles. The molecule has 2 aromatic rings. The summed E-state index contributed by atoms with van der Waals surface area (Å²) < 4.78 is 31.6. The van der Waals surface area contributed by atoms with E-state index in [2.05, 4.69) is 27.1 Å². The zero-order chi connectivity index (χ0) is 24.9. The number of H-pyrrole nitrogens is 1. The normalized spacial score (nSPS) is 16.7. The molecule has 0 spiro atoms. The number of piperazine rings is 1. The lowest BCUT2D eigenvalue weighted by atomic mass is 10.1. The van der Waals surface area contributed by atoms with Gasteiger partial charge in [-0.05, 0) is 37.1 Å². The van der Waals surface area contributed by atoms with E-state index in [0.29, 0.717) is 44.2 Å². The Morgan fingerprint density at radius 3 is 2.59 bits per heavy atom. The van der Waals surface area contributed by atoms with E-state index in [0.717, 1.165) is 25.2 Å². The van der Waals surface area contributed by atoms with Gasteiger partial charge in [-0.25, -0.2) is 4.98 Å².